The lowest BCUT2D eigenvalue weighted by molar-refractivity contribution is -0.119. The zero-order chi connectivity index (χ0) is 20.1. The van der Waals surface area contributed by atoms with Crippen LogP contribution < -0.4 is 15.0 Å². The molecule has 3 rings (SSSR count). The standard InChI is InChI=1S/C23H28N2O3/c1-16(2)18-7-10-20(11-8-18)28-15-22(26)24-19-9-12-21(17(3)14-19)25-13-5-4-6-23(25)27/h7-12,14,16H,4-6,13,15H2,1-3H3,(H,24,26). The van der Waals surface area contributed by atoms with Crippen molar-refractivity contribution in [1.29, 1.82) is 0 Å². The molecule has 0 bridgehead atoms. The average Bonchev–Trinajstić information content (AvgIpc) is 2.68. The smallest absolute Gasteiger partial charge is 0.262 e. The van der Waals surface area contributed by atoms with E-state index in [4.69, 9.17) is 4.74 Å². The first kappa shape index (κ1) is 19.9. The Morgan fingerprint density at radius 2 is 1.89 bits per heavy atom. The fraction of sp³-hybridized carbons (Fsp3) is 0.391. The summed E-state index contributed by atoms with van der Waals surface area (Å²) in [7, 11) is 0. The number of hydrogen-bond acceptors (Lipinski definition) is 3. The summed E-state index contributed by atoms with van der Waals surface area (Å²) >= 11 is 0. The number of anilines is 2. The Hall–Kier alpha value is -2.82. The molecule has 0 spiro atoms. The number of rotatable bonds is 6. The van der Waals surface area contributed by atoms with Crippen molar-refractivity contribution in [2.75, 3.05) is 23.4 Å². The molecule has 148 valence electrons. The van der Waals surface area contributed by atoms with Crippen LogP contribution in [0.1, 0.15) is 50.2 Å². The Kier molecular flexibility index (Phi) is 6.34. The molecule has 1 heterocycles. The van der Waals surface area contributed by atoms with Gasteiger partial charge in [0.1, 0.15) is 5.75 Å². The van der Waals surface area contributed by atoms with Crippen molar-refractivity contribution in [1.82, 2.24) is 0 Å². The third-order valence-corrected chi connectivity index (χ3v) is 5.01. The van der Waals surface area contributed by atoms with E-state index in [9.17, 15) is 9.59 Å². The number of nitrogens with zero attached hydrogens (tertiary/aromatic N) is 1. The van der Waals surface area contributed by atoms with E-state index in [1.165, 1.54) is 5.56 Å². The second-order valence-corrected chi connectivity index (χ2v) is 7.56. The van der Waals surface area contributed by atoms with Gasteiger partial charge in [0.2, 0.25) is 5.91 Å². The van der Waals surface area contributed by atoms with E-state index in [1.54, 1.807) is 0 Å². The molecule has 28 heavy (non-hydrogen) atoms. The lowest BCUT2D eigenvalue weighted by atomic mass is 10.0. The second-order valence-electron chi connectivity index (χ2n) is 7.56. The molecule has 1 N–H and O–H groups in total. The summed E-state index contributed by atoms with van der Waals surface area (Å²) in [5.74, 6) is 1.09. The molecule has 0 aromatic heterocycles. The van der Waals surface area contributed by atoms with Gasteiger partial charge in [0, 0.05) is 24.3 Å². The Labute approximate surface area is 166 Å². The highest BCUT2D eigenvalue weighted by Gasteiger charge is 2.21. The van der Waals surface area contributed by atoms with Crippen LogP contribution in [-0.2, 0) is 9.59 Å². The SMILES string of the molecule is Cc1cc(NC(=O)COc2ccc(C(C)C)cc2)ccc1N1CCCCC1=O. The van der Waals surface area contributed by atoms with Gasteiger partial charge in [-0.1, -0.05) is 26.0 Å². The number of aryl methyl sites for hydroxylation is 1. The van der Waals surface area contributed by atoms with E-state index in [0.717, 1.165) is 30.6 Å². The highest BCUT2D eigenvalue weighted by Crippen LogP contribution is 2.27. The van der Waals surface area contributed by atoms with E-state index in [2.05, 4.69) is 19.2 Å². The molecule has 1 aliphatic heterocycles. The predicted molar refractivity (Wildman–Crippen MR) is 112 cm³/mol. The maximum absolute atomic E-state index is 12.2. The average molecular weight is 380 g/mol. The number of benzene rings is 2. The van der Waals surface area contributed by atoms with E-state index >= 15 is 0 Å². The Morgan fingerprint density at radius 3 is 2.54 bits per heavy atom. The van der Waals surface area contributed by atoms with Crippen molar-refractivity contribution in [3.63, 3.8) is 0 Å². The van der Waals surface area contributed by atoms with Crippen molar-refractivity contribution in [3.8, 4) is 5.75 Å². The van der Waals surface area contributed by atoms with Gasteiger partial charge in [-0.3, -0.25) is 9.59 Å². The van der Waals surface area contributed by atoms with E-state index in [-0.39, 0.29) is 18.4 Å². The van der Waals surface area contributed by atoms with Gasteiger partial charge in [-0.25, -0.2) is 0 Å². The summed E-state index contributed by atoms with van der Waals surface area (Å²) < 4.78 is 5.57. The van der Waals surface area contributed by atoms with Crippen LogP contribution in [0.25, 0.3) is 0 Å². The van der Waals surface area contributed by atoms with Gasteiger partial charge >= 0.3 is 0 Å². The molecule has 5 nitrogen and oxygen atoms in total. The minimum absolute atomic E-state index is 0.0492. The number of carbonyl (C=O) groups excluding carboxylic acids is 2. The van der Waals surface area contributed by atoms with Crippen LogP contribution in [-0.4, -0.2) is 25.0 Å². The minimum atomic E-state index is -0.214. The summed E-state index contributed by atoms with van der Waals surface area (Å²) in [5, 5.41) is 2.86. The monoisotopic (exact) mass is 380 g/mol. The lowest BCUT2D eigenvalue weighted by Crippen LogP contribution is -2.35. The molecule has 1 saturated heterocycles. The molecule has 2 amide bonds. The molecule has 5 heteroatoms. The summed E-state index contributed by atoms with van der Waals surface area (Å²) in [6.07, 6.45) is 2.59. The molecule has 2 aromatic rings. The molecule has 0 aliphatic carbocycles. The molecule has 0 radical (unpaired) electrons. The number of piperidine rings is 1. The molecular formula is C23H28N2O3. The van der Waals surface area contributed by atoms with Crippen LogP contribution in [0.4, 0.5) is 11.4 Å². The maximum atomic E-state index is 12.2. The molecule has 0 unspecified atom stereocenters. The molecule has 0 saturated carbocycles. The fourth-order valence-electron chi connectivity index (χ4n) is 3.39. The van der Waals surface area contributed by atoms with Gasteiger partial charge in [-0.2, -0.15) is 0 Å². The van der Waals surface area contributed by atoms with Gasteiger partial charge in [0.25, 0.3) is 5.91 Å². The maximum Gasteiger partial charge on any atom is 0.262 e. The Bertz CT molecular complexity index is 843. The summed E-state index contributed by atoms with van der Waals surface area (Å²) in [6, 6.07) is 13.4. The van der Waals surface area contributed by atoms with Crippen molar-refractivity contribution in [2.45, 2.75) is 46.0 Å². The highest BCUT2D eigenvalue weighted by molar-refractivity contribution is 5.96. The Balaban J connectivity index is 1.56. The van der Waals surface area contributed by atoms with Crippen molar-refractivity contribution in [2.24, 2.45) is 0 Å². The van der Waals surface area contributed by atoms with Crippen LogP contribution in [0.3, 0.4) is 0 Å². The first-order valence-corrected chi connectivity index (χ1v) is 9.87. The van der Waals surface area contributed by atoms with Crippen molar-refractivity contribution in [3.05, 3.63) is 53.6 Å². The van der Waals surface area contributed by atoms with Crippen LogP contribution in [0.5, 0.6) is 5.75 Å². The number of nitrogens with one attached hydrogen (secondary N) is 1. The predicted octanol–water partition coefficient (Wildman–Crippen LogP) is 4.65. The van der Waals surface area contributed by atoms with Gasteiger partial charge in [0.05, 0.1) is 0 Å². The quantitative estimate of drug-likeness (QED) is 0.793. The molecule has 0 atom stereocenters. The van der Waals surface area contributed by atoms with E-state index in [1.807, 2.05) is 54.3 Å². The molecule has 1 fully saturated rings. The van der Waals surface area contributed by atoms with Crippen molar-refractivity contribution < 1.29 is 14.3 Å². The van der Waals surface area contributed by atoms with E-state index < -0.39 is 0 Å². The number of carbonyl (C=O) groups is 2. The van der Waals surface area contributed by atoms with Crippen LogP contribution in [0.15, 0.2) is 42.5 Å². The lowest BCUT2D eigenvalue weighted by Gasteiger charge is -2.28. The van der Waals surface area contributed by atoms with Crippen LogP contribution in [0.2, 0.25) is 0 Å². The largest absolute Gasteiger partial charge is 0.484 e. The second kappa shape index (κ2) is 8.91. The zero-order valence-electron chi connectivity index (χ0n) is 16.8. The molecule has 1 aliphatic rings. The van der Waals surface area contributed by atoms with Gasteiger partial charge < -0.3 is 15.0 Å². The first-order chi connectivity index (χ1) is 13.4. The number of ether oxygens (including phenoxy) is 1. The summed E-state index contributed by atoms with van der Waals surface area (Å²) in [6.45, 7) is 6.94. The fourth-order valence-corrected chi connectivity index (χ4v) is 3.39. The number of amides is 2. The Morgan fingerprint density at radius 1 is 1.14 bits per heavy atom. The highest BCUT2D eigenvalue weighted by atomic mass is 16.5. The topological polar surface area (TPSA) is 58.6 Å². The summed E-state index contributed by atoms with van der Waals surface area (Å²) in [4.78, 5) is 26.2. The third-order valence-electron chi connectivity index (χ3n) is 5.01. The third kappa shape index (κ3) is 4.91. The zero-order valence-corrected chi connectivity index (χ0v) is 16.8. The van der Waals surface area contributed by atoms with Crippen LogP contribution in [0, 0.1) is 6.92 Å². The first-order valence-electron chi connectivity index (χ1n) is 9.87. The molecular weight excluding hydrogens is 352 g/mol. The summed E-state index contributed by atoms with van der Waals surface area (Å²) in [5.41, 5.74) is 3.83. The molecule has 2 aromatic carbocycles. The van der Waals surface area contributed by atoms with Gasteiger partial charge in [-0.05, 0) is 67.1 Å². The van der Waals surface area contributed by atoms with Gasteiger partial charge in [0.15, 0.2) is 6.61 Å². The van der Waals surface area contributed by atoms with Crippen molar-refractivity contribution >= 4 is 23.2 Å². The van der Waals surface area contributed by atoms with Gasteiger partial charge in [-0.15, -0.1) is 0 Å². The van der Waals surface area contributed by atoms with Crippen LogP contribution >= 0.6 is 0 Å². The van der Waals surface area contributed by atoms with E-state index in [0.29, 0.717) is 23.8 Å². The minimum Gasteiger partial charge on any atom is -0.484 e. The normalized spacial score (nSPS) is 14.3. The number of hydrogen-bond donors (Lipinski definition) is 1.